The first-order valence-corrected chi connectivity index (χ1v) is 8.38. The molecule has 0 saturated carbocycles. The van der Waals surface area contributed by atoms with E-state index in [2.05, 4.69) is 0 Å². The first-order valence-electron chi connectivity index (χ1n) is 6.99. The van der Waals surface area contributed by atoms with Crippen molar-refractivity contribution >= 4 is 10.2 Å². The summed E-state index contributed by atoms with van der Waals surface area (Å²) in [5.74, 6) is 0.748. The average molecular weight is 314 g/mol. The quantitative estimate of drug-likeness (QED) is 0.782. The van der Waals surface area contributed by atoms with Gasteiger partial charge in [-0.3, -0.25) is 0 Å². The van der Waals surface area contributed by atoms with Crippen molar-refractivity contribution in [2.75, 3.05) is 46.5 Å². The summed E-state index contributed by atoms with van der Waals surface area (Å²) in [5.41, 5.74) is 1.16. The Morgan fingerprint density at radius 2 is 1.86 bits per heavy atom. The Morgan fingerprint density at radius 3 is 2.48 bits per heavy atom. The molecule has 21 heavy (non-hydrogen) atoms. The molecule has 1 saturated heterocycles. The molecule has 6 nitrogen and oxygen atoms in total. The molecule has 0 aromatic heterocycles. The summed E-state index contributed by atoms with van der Waals surface area (Å²) in [6.45, 7) is 4.36. The number of hydrogen-bond donors (Lipinski definition) is 0. The molecule has 0 bridgehead atoms. The van der Waals surface area contributed by atoms with E-state index in [9.17, 15) is 8.42 Å². The van der Waals surface area contributed by atoms with Crippen molar-refractivity contribution in [3.8, 4) is 5.75 Å². The number of aryl methyl sites for hydroxylation is 1. The first-order chi connectivity index (χ1) is 10.00. The monoisotopic (exact) mass is 314 g/mol. The number of nitrogens with zero attached hydrogens (tertiary/aromatic N) is 2. The van der Waals surface area contributed by atoms with Gasteiger partial charge in [0.2, 0.25) is 0 Å². The fraction of sp³-hybridized carbons (Fsp3) is 0.571. The van der Waals surface area contributed by atoms with Crippen LogP contribution in [0.2, 0.25) is 0 Å². The molecule has 2 rings (SSSR count). The van der Waals surface area contributed by atoms with E-state index >= 15 is 0 Å². The minimum absolute atomic E-state index is 0.313. The zero-order valence-corrected chi connectivity index (χ0v) is 13.3. The summed E-state index contributed by atoms with van der Waals surface area (Å²) in [6.07, 6.45) is 0. The molecule has 1 aromatic rings. The molecule has 1 heterocycles. The van der Waals surface area contributed by atoms with Gasteiger partial charge in [-0.2, -0.15) is 17.0 Å². The minimum atomic E-state index is -3.42. The Bertz CT molecular complexity index is 539. The van der Waals surface area contributed by atoms with Crippen molar-refractivity contribution in [1.29, 1.82) is 0 Å². The Labute approximate surface area is 126 Å². The molecular weight excluding hydrogens is 292 g/mol. The largest absolute Gasteiger partial charge is 0.492 e. The Morgan fingerprint density at radius 1 is 1.24 bits per heavy atom. The van der Waals surface area contributed by atoms with Crippen molar-refractivity contribution < 1.29 is 17.9 Å². The first kappa shape index (κ1) is 16.2. The molecule has 1 aromatic carbocycles. The summed E-state index contributed by atoms with van der Waals surface area (Å²) in [4.78, 5) is 0. The lowest BCUT2D eigenvalue weighted by molar-refractivity contribution is 0.0704. The van der Waals surface area contributed by atoms with Crippen LogP contribution in [0.25, 0.3) is 0 Å². The minimum Gasteiger partial charge on any atom is -0.492 e. The van der Waals surface area contributed by atoms with Gasteiger partial charge in [0.15, 0.2) is 0 Å². The van der Waals surface area contributed by atoms with Crippen molar-refractivity contribution in [1.82, 2.24) is 8.61 Å². The maximum Gasteiger partial charge on any atom is 0.281 e. The van der Waals surface area contributed by atoms with Gasteiger partial charge in [0.05, 0.1) is 13.2 Å². The third kappa shape index (κ3) is 4.41. The van der Waals surface area contributed by atoms with E-state index in [1.165, 1.54) is 8.61 Å². The lowest BCUT2D eigenvalue weighted by atomic mass is 10.2. The molecule has 0 amide bonds. The summed E-state index contributed by atoms with van der Waals surface area (Å²) in [7, 11) is -1.84. The number of rotatable bonds is 6. The van der Waals surface area contributed by atoms with Gasteiger partial charge in [-0.15, -0.1) is 0 Å². The molecule has 0 aliphatic carbocycles. The number of hydrogen-bond acceptors (Lipinski definition) is 4. The second kappa shape index (κ2) is 7.22. The van der Waals surface area contributed by atoms with Gasteiger partial charge in [-0.25, -0.2) is 0 Å². The van der Waals surface area contributed by atoms with Crippen molar-refractivity contribution in [3.63, 3.8) is 0 Å². The van der Waals surface area contributed by atoms with Crippen molar-refractivity contribution in [2.45, 2.75) is 6.92 Å². The molecule has 0 unspecified atom stereocenters. The summed E-state index contributed by atoms with van der Waals surface area (Å²) in [5, 5.41) is 0. The van der Waals surface area contributed by atoms with Crippen LogP contribution in [0.3, 0.4) is 0 Å². The van der Waals surface area contributed by atoms with Crippen LogP contribution in [-0.4, -0.2) is 63.5 Å². The lowest BCUT2D eigenvalue weighted by Crippen LogP contribution is -2.48. The highest BCUT2D eigenvalue weighted by molar-refractivity contribution is 7.86. The van der Waals surface area contributed by atoms with Gasteiger partial charge in [0.1, 0.15) is 12.4 Å². The van der Waals surface area contributed by atoms with E-state index in [1.807, 2.05) is 31.2 Å². The predicted octanol–water partition coefficient (Wildman–Crippen LogP) is 0.883. The third-order valence-corrected chi connectivity index (χ3v) is 5.37. The van der Waals surface area contributed by atoms with Crippen LogP contribution >= 0.6 is 0 Å². The van der Waals surface area contributed by atoms with Crippen LogP contribution in [0.15, 0.2) is 24.3 Å². The lowest BCUT2D eigenvalue weighted by Gasteiger charge is -2.30. The summed E-state index contributed by atoms with van der Waals surface area (Å²) >= 11 is 0. The second-order valence-electron chi connectivity index (χ2n) is 5.00. The number of benzene rings is 1. The molecule has 0 radical (unpaired) electrons. The normalized spacial score (nSPS) is 17.1. The highest BCUT2D eigenvalue weighted by Crippen LogP contribution is 2.12. The van der Waals surface area contributed by atoms with E-state index in [1.54, 1.807) is 7.05 Å². The third-order valence-electron chi connectivity index (χ3n) is 3.39. The summed E-state index contributed by atoms with van der Waals surface area (Å²) in [6, 6.07) is 7.69. The molecule has 1 fully saturated rings. The molecule has 0 spiro atoms. The van der Waals surface area contributed by atoms with Gasteiger partial charge in [-0.05, 0) is 19.1 Å². The van der Waals surface area contributed by atoms with Crippen LogP contribution in [0.5, 0.6) is 5.75 Å². The molecule has 7 heteroatoms. The van der Waals surface area contributed by atoms with Crippen LogP contribution in [0.1, 0.15) is 5.56 Å². The van der Waals surface area contributed by atoms with Gasteiger partial charge >= 0.3 is 0 Å². The molecule has 0 atom stereocenters. The molecule has 118 valence electrons. The van der Waals surface area contributed by atoms with Gasteiger partial charge in [0, 0.05) is 26.7 Å². The Kier molecular flexibility index (Phi) is 5.58. The van der Waals surface area contributed by atoms with Crippen molar-refractivity contribution in [3.05, 3.63) is 29.8 Å². The van der Waals surface area contributed by atoms with Crippen molar-refractivity contribution in [2.24, 2.45) is 0 Å². The zero-order valence-electron chi connectivity index (χ0n) is 12.5. The van der Waals surface area contributed by atoms with Gasteiger partial charge < -0.3 is 9.47 Å². The molecule has 0 N–H and O–H groups in total. The van der Waals surface area contributed by atoms with Crippen LogP contribution < -0.4 is 4.74 Å². The number of ether oxygens (including phenoxy) is 2. The topological polar surface area (TPSA) is 59.1 Å². The van der Waals surface area contributed by atoms with E-state index in [-0.39, 0.29) is 0 Å². The smallest absolute Gasteiger partial charge is 0.281 e. The second-order valence-corrected chi connectivity index (χ2v) is 7.04. The summed E-state index contributed by atoms with van der Waals surface area (Å²) < 4.78 is 38.1. The van der Waals surface area contributed by atoms with E-state index in [0.717, 1.165) is 11.3 Å². The van der Waals surface area contributed by atoms with E-state index in [0.29, 0.717) is 39.5 Å². The number of morpholine rings is 1. The fourth-order valence-corrected chi connectivity index (χ4v) is 3.33. The Balaban J connectivity index is 1.83. The van der Waals surface area contributed by atoms with Crippen LogP contribution in [0.4, 0.5) is 0 Å². The molecule has 1 aliphatic rings. The maximum atomic E-state index is 12.3. The predicted molar refractivity (Wildman–Crippen MR) is 80.6 cm³/mol. The van der Waals surface area contributed by atoms with E-state index in [4.69, 9.17) is 9.47 Å². The zero-order chi connectivity index (χ0) is 15.3. The van der Waals surface area contributed by atoms with E-state index < -0.39 is 10.2 Å². The standard InChI is InChI=1S/C14H22N2O4S/c1-13-3-5-14(6-4-13)20-12-7-15(2)21(17,18)16-8-10-19-11-9-16/h3-6H,7-12H2,1-2H3. The van der Waals surface area contributed by atoms with Gasteiger partial charge in [0.25, 0.3) is 10.2 Å². The van der Waals surface area contributed by atoms with Crippen LogP contribution in [0, 0.1) is 6.92 Å². The highest BCUT2D eigenvalue weighted by atomic mass is 32.2. The van der Waals surface area contributed by atoms with Gasteiger partial charge in [-0.1, -0.05) is 17.7 Å². The fourth-order valence-electron chi connectivity index (χ4n) is 2.02. The molecule has 1 aliphatic heterocycles. The van der Waals surface area contributed by atoms with Crippen LogP contribution in [-0.2, 0) is 14.9 Å². The SMILES string of the molecule is Cc1ccc(OCCN(C)S(=O)(=O)N2CCOCC2)cc1. The molecular formula is C14H22N2O4S. The Hall–Kier alpha value is -1.15. The highest BCUT2D eigenvalue weighted by Gasteiger charge is 2.28. The number of likely N-dealkylation sites (N-methyl/N-ethyl adjacent to an activating group) is 1. The average Bonchev–Trinajstić information content (AvgIpc) is 2.50. The maximum absolute atomic E-state index is 12.3.